The third-order valence-electron chi connectivity index (χ3n) is 4.06. The van der Waals surface area contributed by atoms with E-state index in [-0.39, 0.29) is 16.8 Å². The van der Waals surface area contributed by atoms with Crippen molar-refractivity contribution >= 4 is 39.2 Å². The molecule has 27 heavy (non-hydrogen) atoms. The van der Waals surface area contributed by atoms with E-state index in [0.717, 1.165) is 4.47 Å². The highest BCUT2D eigenvalue weighted by Crippen LogP contribution is 2.33. The lowest BCUT2D eigenvalue weighted by Crippen LogP contribution is -2.46. The maximum atomic E-state index is 12.9. The molecule has 9 heteroatoms. The van der Waals surface area contributed by atoms with Crippen LogP contribution in [0.15, 0.2) is 64.3 Å². The molecule has 0 unspecified atom stereocenters. The molecule has 1 aliphatic rings. The number of carbonyl (C=O) groups is 2. The highest BCUT2D eigenvalue weighted by atomic mass is 79.9. The number of benzene rings is 2. The number of nitro groups is 1. The molecule has 1 heterocycles. The number of halogens is 1. The number of nitrogens with one attached hydrogen (secondary N) is 3. The monoisotopic (exact) mass is 430 g/mol. The van der Waals surface area contributed by atoms with Crippen LogP contribution in [0.3, 0.4) is 0 Å². The molecule has 1 aliphatic heterocycles. The van der Waals surface area contributed by atoms with E-state index in [1.54, 1.807) is 37.3 Å². The molecule has 0 aliphatic carbocycles. The van der Waals surface area contributed by atoms with Crippen LogP contribution in [0.4, 0.5) is 16.2 Å². The molecule has 0 radical (unpaired) electrons. The van der Waals surface area contributed by atoms with Crippen LogP contribution in [0.25, 0.3) is 0 Å². The van der Waals surface area contributed by atoms with Gasteiger partial charge in [-0.1, -0.05) is 28.1 Å². The number of urea groups is 1. The first kappa shape index (κ1) is 18.6. The van der Waals surface area contributed by atoms with Gasteiger partial charge in [-0.05, 0) is 37.3 Å². The number of anilines is 1. The number of hydrogen-bond acceptors (Lipinski definition) is 4. The summed E-state index contributed by atoms with van der Waals surface area (Å²) in [6.45, 7) is 1.58. The van der Waals surface area contributed by atoms with Gasteiger partial charge in [-0.25, -0.2) is 4.79 Å². The average molecular weight is 431 g/mol. The van der Waals surface area contributed by atoms with Gasteiger partial charge in [0.15, 0.2) is 0 Å². The van der Waals surface area contributed by atoms with Crippen molar-refractivity contribution in [1.29, 1.82) is 0 Å². The van der Waals surface area contributed by atoms with Crippen molar-refractivity contribution in [3.8, 4) is 0 Å². The largest absolute Gasteiger partial charge is 0.326 e. The molecule has 8 nitrogen and oxygen atoms in total. The van der Waals surface area contributed by atoms with E-state index in [1.807, 2.05) is 0 Å². The molecule has 0 bridgehead atoms. The minimum absolute atomic E-state index is 0.175. The Morgan fingerprint density at radius 1 is 1.19 bits per heavy atom. The molecule has 0 fully saturated rings. The van der Waals surface area contributed by atoms with Crippen molar-refractivity contribution in [2.24, 2.45) is 0 Å². The van der Waals surface area contributed by atoms with E-state index in [4.69, 9.17) is 0 Å². The summed E-state index contributed by atoms with van der Waals surface area (Å²) in [6, 6.07) is 11.5. The molecule has 3 amide bonds. The van der Waals surface area contributed by atoms with E-state index in [2.05, 4.69) is 31.9 Å². The lowest BCUT2D eigenvalue weighted by molar-refractivity contribution is -0.385. The zero-order valence-electron chi connectivity index (χ0n) is 14.2. The minimum atomic E-state index is -0.948. The molecule has 0 aromatic heterocycles. The average Bonchev–Trinajstić information content (AvgIpc) is 2.62. The van der Waals surface area contributed by atoms with Crippen LogP contribution in [-0.4, -0.2) is 16.9 Å². The second-order valence-electron chi connectivity index (χ2n) is 5.85. The first-order valence-electron chi connectivity index (χ1n) is 7.95. The molecule has 0 saturated heterocycles. The van der Waals surface area contributed by atoms with Gasteiger partial charge in [-0.2, -0.15) is 0 Å². The molecule has 2 aromatic rings. The molecule has 0 spiro atoms. The smallest absolute Gasteiger partial charge is 0.319 e. The van der Waals surface area contributed by atoms with Gasteiger partial charge in [0, 0.05) is 21.9 Å². The third-order valence-corrected chi connectivity index (χ3v) is 4.59. The Labute approximate surface area is 162 Å². The van der Waals surface area contributed by atoms with Gasteiger partial charge < -0.3 is 16.0 Å². The van der Waals surface area contributed by atoms with Gasteiger partial charge in [0.1, 0.15) is 0 Å². The quantitative estimate of drug-likeness (QED) is 0.507. The number of carbonyl (C=O) groups excluding carboxylic acids is 2. The van der Waals surface area contributed by atoms with Crippen LogP contribution in [0.1, 0.15) is 18.5 Å². The highest BCUT2D eigenvalue weighted by molar-refractivity contribution is 9.10. The maximum absolute atomic E-state index is 12.9. The van der Waals surface area contributed by atoms with Gasteiger partial charge in [0.25, 0.3) is 11.6 Å². The van der Waals surface area contributed by atoms with Crippen molar-refractivity contribution in [2.75, 3.05) is 5.32 Å². The van der Waals surface area contributed by atoms with Crippen molar-refractivity contribution in [1.82, 2.24) is 10.6 Å². The van der Waals surface area contributed by atoms with Crippen LogP contribution >= 0.6 is 15.9 Å². The molecule has 1 atom stereocenters. The van der Waals surface area contributed by atoms with Crippen LogP contribution in [0.2, 0.25) is 0 Å². The van der Waals surface area contributed by atoms with Crippen molar-refractivity contribution < 1.29 is 14.5 Å². The minimum Gasteiger partial charge on any atom is -0.326 e. The van der Waals surface area contributed by atoms with Crippen molar-refractivity contribution in [2.45, 2.75) is 13.0 Å². The summed E-state index contributed by atoms with van der Waals surface area (Å²) < 4.78 is 0.861. The van der Waals surface area contributed by atoms with E-state index < -0.39 is 22.9 Å². The zero-order chi connectivity index (χ0) is 19.6. The number of allylic oxidation sites excluding steroid dienone is 1. The van der Waals surface area contributed by atoms with Gasteiger partial charge in [0.2, 0.25) is 0 Å². The summed E-state index contributed by atoms with van der Waals surface area (Å²) in [6.07, 6.45) is 0. The lowest BCUT2D eigenvalue weighted by Gasteiger charge is -2.28. The predicted octanol–water partition coefficient (Wildman–Crippen LogP) is 3.62. The normalized spacial score (nSPS) is 16.4. The van der Waals surface area contributed by atoms with Gasteiger partial charge >= 0.3 is 6.03 Å². The summed E-state index contributed by atoms with van der Waals surface area (Å²) >= 11 is 3.32. The van der Waals surface area contributed by atoms with E-state index >= 15 is 0 Å². The molecular weight excluding hydrogens is 416 g/mol. The van der Waals surface area contributed by atoms with Crippen molar-refractivity contribution in [3.05, 3.63) is 80.0 Å². The van der Waals surface area contributed by atoms with Crippen molar-refractivity contribution in [3.63, 3.8) is 0 Å². The summed E-state index contributed by atoms with van der Waals surface area (Å²) in [7, 11) is 0. The number of amides is 3. The molecule has 2 aromatic carbocycles. The zero-order valence-corrected chi connectivity index (χ0v) is 15.7. The Morgan fingerprint density at radius 2 is 1.85 bits per heavy atom. The molecule has 3 rings (SSSR count). The van der Waals surface area contributed by atoms with Gasteiger partial charge in [-0.15, -0.1) is 0 Å². The predicted molar refractivity (Wildman–Crippen MR) is 103 cm³/mol. The molecule has 3 N–H and O–H groups in total. The summed E-state index contributed by atoms with van der Waals surface area (Å²) in [5.41, 5.74) is 1.15. The molecule has 0 saturated carbocycles. The SMILES string of the molecule is CC1=C(C(=O)Nc2ccc(Br)cc2)[C@H](c2ccccc2[N+](=O)[O-])NC(=O)N1. The standard InChI is InChI=1S/C18H15BrN4O4/c1-10-15(17(24)21-12-8-6-11(19)7-9-12)16(22-18(25)20-10)13-4-2-3-5-14(13)23(26)27/h2-9,16H,1H3,(H,21,24)(H2,20,22,25)/t16-/m0/s1. The fourth-order valence-electron chi connectivity index (χ4n) is 2.86. The second-order valence-corrected chi connectivity index (χ2v) is 6.76. The van der Waals surface area contributed by atoms with Gasteiger partial charge in [-0.3, -0.25) is 14.9 Å². The van der Waals surface area contributed by atoms with Crippen LogP contribution < -0.4 is 16.0 Å². The summed E-state index contributed by atoms with van der Waals surface area (Å²) in [5, 5.41) is 19.3. The fraction of sp³-hybridized carbons (Fsp3) is 0.111. The lowest BCUT2D eigenvalue weighted by atomic mass is 9.93. The van der Waals surface area contributed by atoms with Gasteiger partial charge in [0.05, 0.1) is 22.1 Å². The highest BCUT2D eigenvalue weighted by Gasteiger charge is 2.34. The molecule has 138 valence electrons. The Kier molecular flexibility index (Phi) is 5.22. The second kappa shape index (κ2) is 7.58. The Hall–Kier alpha value is -3.20. The van der Waals surface area contributed by atoms with Crippen LogP contribution in [0, 0.1) is 10.1 Å². The number of nitrogens with zero attached hydrogens (tertiary/aromatic N) is 1. The topological polar surface area (TPSA) is 113 Å². The van der Waals surface area contributed by atoms with Crippen LogP contribution in [-0.2, 0) is 4.79 Å². The van der Waals surface area contributed by atoms with E-state index in [9.17, 15) is 19.7 Å². The number of para-hydroxylation sites is 1. The Bertz CT molecular complexity index is 956. The number of rotatable bonds is 4. The van der Waals surface area contributed by atoms with E-state index in [1.165, 1.54) is 18.2 Å². The first-order chi connectivity index (χ1) is 12.9. The first-order valence-corrected chi connectivity index (χ1v) is 8.74. The van der Waals surface area contributed by atoms with Crippen LogP contribution in [0.5, 0.6) is 0 Å². The summed E-state index contributed by atoms with van der Waals surface area (Å²) in [5.74, 6) is -0.467. The van der Waals surface area contributed by atoms with E-state index in [0.29, 0.717) is 11.4 Å². The summed E-state index contributed by atoms with van der Waals surface area (Å²) in [4.78, 5) is 35.7. The number of hydrogen-bond donors (Lipinski definition) is 3. The number of nitro benzene ring substituents is 1. The molecular formula is C18H15BrN4O4. The Balaban J connectivity index is 2.01. The Morgan fingerprint density at radius 3 is 2.52 bits per heavy atom. The third kappa shape index (κ3) is 3.98. The fourth-order valence-corrected chi connectivity index (χ4v) is 3.12. The maximum Gasteiger partial charge on any atom is 0.319 e.